The molecule has 90 valence electrons. The molecule has 0 fully saturated rings. The molecule has 2 nitrogen and oxygen atoms in total. The Morgan fingerprint density at radius 2 is 1.88 bits per heavy atom. The molecule has 0 aromatic heterocycles. The summed E-state index contributed by atoms with van der Waals surface area (Å²) in [5, 5.41) is 21.0. The number of halogens is 1. The highest BCUT2D eigenvalue weighted by Crippen LogP contribution is 2.33. The Hall–Kier alpha value is -0.570. The number of aryl methyl sites for hydroxylation is 1. The Morgan fingerprint density at radius 1 is 1.31 bits per heavy atom. The SMILES string of the molecule is CCC(O)(CC)C(O)c1ccc(C)c(Cl)c1. The van der Waals surface area contributed by atoms with Crippen LogP contribution >= 0.6 is 11.6 Å². The summed E-state index contributed by atoms with van der Waals surface area (Å²) in [6, 6.07) is 5.38. The highest BCUT2D eigenvalue weighted by Gasteiger charge is 2.33. The molecule has 1 unspecified atom stereocenters. The molecule has 16 heavy (non-hydrogen) atoms. The molecule has 1 atom stereocenters. The van der Waals surface area contributed by atoms with E-state index in [2.05, 4.69) is 0 Å². The van der Waals surface area contributed by atoms with Crippen molar-refractivity contribution in [3.63, 3.8) is 0 Å². The van der Waals surface area contributed by atoms with Gasteiger partial charge in [0.15, 0.2) is 0 Å². The Bertz CT molecular complexity index is 359. The molecule has 0 aliphatic carbocycles. The van der Waals surface area contributed by atoms with Gasteiger partial charge in [-0.25, -0.2) is 0 Å². The third-order valence-electron chi connectivity index (χ3n) is 3.25. The van der Waals surface area contributed by atoms with E-state index in [1.807, 2.05) is 32.9 Å². The molecule has 1 rings (SSSR count). The molecule has 1 aromatic carbocycles. The van der Waals surface area contributed by atoms with Crippen molar-refractivity contribution in [1.29, 1.82) is 0 Å². The minimum absolute atomic E-state index is 0.510. The van der Waals surface area contributed by atoms with Gasteiger partial charge < -0.3 is 10.2 Å². The predicted molar refractivity (Wildman–Crippen MR) is 66.7 cm³/mol. The van der Waals surface area contributed by atoms with Crippen LogP contribution in [0, 0.1) is 6.92 Å². The van der Waals surface area contributed by atoms with Crippen LogP contribution < -0.4 is 0 Å². The zero-order chi connectivity index (χ0) is 12.3. The summed E-state index contributed by atoms with van der Waals surface area (Å²) in [5.74, 6) is 0. The van der Waals surface area contributed by atoms with Crippen LogP contribution in [-0.4, -0.2) is 15.8 Å². The molecule has 1 aromatic rings. The van der Waals surface area contributed by atoms with Gasteiger partial charge in [0.05, 0.1) is 5.60 Å². The van der Waals surface area contributed by atoms with E-state index in [9.17, 15) is 10.2 Å². The minimum atomic E-state index is -1.07. The summed E-state index contributed by atoms with van der Waals surface area (Å²) in [6.45, 7) is 5.63. The van der Waals surface area contributed by atoms with E-state index in [-0.39, 0.29) is 0 Å². The first kappa shape index (κ1) is 13.5. The Kier molecular flexibility index (Phi) is 4.36. The van der Waals surface area contributed by atoms with E-state index in [1.54, 1.807) is 6.07 Å². The molecule has 2 N–H and O–H groups in total. The van der Waals surface area contributed by atoms with Crippen molar-refractivity contribution in [2.75, 3.05) is 0 Å². The zero-order valence-electron chi connectivity index (χ0n) is 10.00. The van der Waals surface area contributed by atoms with Gasteiger partial charge in [0, 0.05) is 5.02 Å². The van der Waals surface area contributed by atoms with Crippen molar-refractivity contribution in [3.05, 3.63) is 34.3 Å². The molecule has 3 heteroatoms. The largest absolute Gasteiger partial charge is 0.387 e. The highest BCUT2D eigenvalue weighted by atomic mass is 35.5. The van der Waals surface area contributed by atoms with Crippen LogP contribution in [-0.2, 0) is 0 Å². The molecule has 0 radical (unpaired) electrons. The lowest BCUT2D eigenvalue weighted by Crippen LogP contribution is -2.34. The summed E-state index contributed by atoms with van der Waals surface area (Å²) >= 11 is 6.00. The van der Waals surface area contributed by atoms with Crippen LogP contribution in [0.5, 0.6) is 0 Å². The average Bonchev–Trinajstić information content (AvgIpc) is 2.30. The van der Waals surface area contributed by atoms with Crippen LogP contribution in [0.3, 0.4) is 0 Å². The summed E-state index contributed by atoms with van der Waals surface area (Å²) in [4.78, 5) is 0. The van der Waals surface area contributed by atoms with Crippen LogP contribution in [0.15, 0.2) is 18.2 Å². The molecule has 0 saturated carbocycles. The van der Waals surface area contributed by atoms with E-state index in [4.69, 9.17) is 11.6 Å². The fourth-order valence-electron chi connectivity index (χ4n) is 1.73. The maximum Gasteiger partial charge on any atom is 0.108 e. The predicted octanol–water partition coefficient (Wildman–Crippen LogP) is 3.23. The molecule has 0 spiro atoms. The highest BCUT2D eigenvalue weighted by molar-refractivity contribution is 6.31. The maximum absolute atomic E-state index is 10.2. The van der Waals surface area contributed by atoms with Gasteiger partial charge >= 0.3 is 0 Å². The fourth-order valence-corrected chi connectivity index (χ4v) is 1.92. The second-order valence-electron chi connectivity index (χ2n) is 4.22. The molecule has 0 aliphatic rings. The summed E-state index contributed by atoms with van der Waals surface area (Å²) in [6.07, 6.45) is 0.132. The molecule has 0 heterocycles. The Morgan fingerprint density at radius 3 is 2.31 bits per heavy atom. The number of hydrogen-bond acceptors (Lipinski definition) is 2. The lowest BCUT2D eigenvalue weighted by atomic mass is 9.86. The van der Waals surface area contributed by atoms with Gasteiger partial charge in [0.2, 0.25) is 0 Å². The lowest BCUT2D eigenvalue weighted by Gasteiger charge is -2.31. The van der Waals surface area contributed by atoms with E-state index in [0.29, 0.717) is 23.4 Å². The zero-order valence-corrected chi connectivity index (χ0v) is 10.8. The molecular formula is C13H19ClO2. The number of aliphatic hydroxyl groups is 2. The topological polar surface area (TPSA) is 40.5 Å². The van der Waals surface area contributed by atoms with E-state index in [0.717, 1.165) is 5.56 Å². The molecule has 0 saturated heterocycles. The van der Waals surface area contributed by atoms with Gasteiger partial charge in [-0.2, -0.15) is 0 Å². The van der Waals surface area contributed by atoms with Crippen molar-refractivity contribution in [2.24, 2.45) is 0 Å². The fraction of sp³-hybridized carbons (Fsp3) is 0.538. The van der Waals surface area contributed by atoms with Crippen molar-refractivity contribution < 1.29 is 10.2 Å². The van der Waals surface area contributed by atoms with Crippen molar-refractivity contribution in [3.8, 4) is 0 Å². The average molecular weight is 243 g/mol. The van der Waals surface area contributed by atoms with E-state index in [1.165, 1.54) is 0 Å². The third-order valence-corrected chi connectivity index (χ3v) is 3.65. The van der Waals surface area contributed by atoms with E-state index < -0.39 is 11.7 Å². The van der Waals surface area contributed by atoms with Gasteiger partial charge in [-0.3, -0.25) is 0 Å². The maximum atomic E-state index is 10.2. The second-order valence-corrected chi connectivity index (χ2v) is 4.63. The number of aliphatic hydroxyl groups excluding tert-OH is 1. The smallest absolute Gasteiger partial charge is 0.108 e. The Labute approximate surface area is 102 Å². The first-order valence-corrected chi connectivity index (χ1v) is 5.99. The quantitative estimate of drug-likeness (QED) is 0.851. The van der Waals surface area contributed by atoms with Crippen LogP contribution in [0.2, 0.25) is 5.02 Å². The van der Waals surface area contributed by atoms with Crippen LogP contribution in [0.4, 0.5) is 0 Å². The van der Waals surface area contributed by atoms with Crippen molar-refractivity contribution in [2.45, 2.75) is 45.3 Å². The van der Waals surface area contributed by atoms with Gasteiger partial charge in [-0.15, -0.1) is 0 Å². The second kappa shape index (κ2) is 5.17. The molecule has 0 amide bonds. The third kappa shape index (κ3) is 2.57. The molecule has 0 aliphatic heterocycles. The number of rotatable bonds is 4. The Balaban J connectivity index is 3.04. The van der Waals surface area contributed by atoms with Crippen molar-refractivity contribution in [1.82, 2.24) is 0 Å². The number of hydrogen-bond donors (Lipinski definition) is 2. The standard InChI is InChI=1S/C13H19ClO2/c1-4-13(16,5-2)12(15)10-7-6-9(3)11(14)8-10/h6-8,12,15-16H,4-5H2,1-3H3. The summed E-state index contributed by atoms with van der Waals surface area (Å²) in [5.41, 5.74) is 0.564. The molecule has 0 bridgehead atoms. The van der Waals surface area contributed by atoms with Gasteiger partial charge in [-0.05, 0) is 37.0 Å². The van der Waals surface area contributed by atoms with Gasteiger partial charge in [0.25, 0.3) is 0 Å². The summed E-state index contributed by atoms with van der Waals surface area (Å²) < 4.78 is 0. The first-order chi connectivity index (χ1) is 7.44. The lowest BCUT2D eigenvalue weighted by molar-refractivity contribution is -0.0820. The van der Waals surface area contributed by atoms with E-state index >= 15 is 0 Å². The summed E-state index contributed by atoms with van der Waals surface area (Å²) in [7, 11) is 0. The van der Waals surface area contributed by atoms with Gasteiger partial charge in [0.1, 0.15) is 6.10 Å². The van der Waals surface area contributed by atoms with Crippen molar-refractivity contribution >= 4 is 11.6 Å². The van der Waals surface area contributed by atoms with Gasteiger partial charge in [-0.1, -0.05) is 37.6 Å². The first-order valence-electron chi connectivity index (χ1n) is 5.61. The van der Waals surface area contributed by atoms with Crippen LogP contribution in [0.25, 0.3) is 0 Å². The van der Waals surface area contributed by atoms with Crippen LogP contribution in [0.1, 0.15) is 43.9 Å². The minimum Gasteiger partial charge on any atom is -0.387 e. The monoisotopic (exact) mass is 242 g/mol. The normalized spacial score (nSPS) is 13.9. The number of benzene rings is 1. The molecular weight excluding hydrogens is 224 g/mol.